The molecule has 1 aliphatic rings. The zero-order chi connectivity index (χ0) is 28.2. The fourth-order valence-electron chi connectivity index (χ4n) is 4.25. The summed E-state index contributed by atoms with van der Waals surface area (Å²) in [7, 11) is 1.40. The predicted octanol–water partition coefficient (Wildman–Crippen LogP) is 6.04. The van der Waals surface area contributed by atoms with Crippen molar-refractivity contribution in [2.75, 3.05) is 12.0 Å². The minimum atomic E-state index is -1.02. The van der Waals surface area contributed by atoms with Crippen LogP contribution in [-0.2, 0) is 15.3 Å². The summed E-state index contributed by atoms with van der Waals surface area (Å²) >= 11 is 2.67. The molecule has 2 heterocycles. The molecule has 10 heteroatoms. The lowest BCUT2D eigenvalue weighted by Gasteiger charge is -2.24. The number of aromatic nitrogens is 2. The van der Waals surface area contributed by atoms with E-state index in [2.05, 4.69) is 10.2 Å². The predicted molar refractivity (Wildman–Crippen MR) is 156 cm³/mol. The number of allylic oxidation sites excluding steroid dienone is 1. The van der Waals surface area contributed by atoms with Crippen LogP contribution in [0.2, 0.25) is 0 Å². The Balaban J connectivity index is 1.49. The topological polar surface area (TPSA) is 113 Å². The third-order valence-corrected chi connectivity index (χ3v) is 8.43. The van der Waals surface area contributed by atoms with E-state index in [1.807, 2.05) is 61.5 Å². The quantitative estimate of drug-likeness (QED) is 0.142. The van der Waals surface area contributed by atoms with Crippen LogP contribution in [0.3, 0.4) is 0 Å². The molecule has 0 bridgehead atoms. The minimum absolute atomic E-state index is 0.0992. The van der Waals surface area contributed by atoms with E-state index in [0.717, 1.165) is 11.1 Å². The van der Waals surface area contributed by atoms with Crippen molar-refractivity contribution < 1.29 is 24.5 Å². The second-order valence-corrected chi connectivity index (χ2v) is 11.2. The second-order valence-electron chi connectivity index (χ2n) is 9.00. The molecule has 202 valence electrons. The molecular weight excluding hydrogens is 546 g/mol. The molecule has 0 saturated heterocycles. The van der Waals surface area contributed by atoms with Crippen LogP contribution < -0.4 is 9.64 Å². The van der Waals surface area contributed by atoms with Gasteiger partial charge >= 0.3 is 0 Å². The Morgan fingerprint density at radius 1 is 1.07 bits per heavy atom. The molecule has 0 spiro atoms. The fourth-order valence-corrected chi connectivity index (χ4v) is 6.07. The summed E-state index contributed by atoms with van der Waals surface area (Å²) in [6.45, 7) is 2.03. The number of carbonyl (C=O) groups is 2. The second kappa shape index (κ2) is 11.8. The van der Waals surface area contributed by atoms with E-state index in [0.29, 0.717) is 15.7 Å². The smallest absolute Gasteiger partial charge is 0.296 e. The number of phenolic OH excluding ortho intramolecular Hbond substituents is 1. The first-order valence-electron chi connectivity index (χ1n) is 12.3. The Labute approximate surface area is 239 Å². The molecule has 4 aromatic rings. The van der Waals surface area contributed by atoms with E-state index in [-0.39, 0.29) is 22.2 Å². The van der Waals surface area contributed by atoms with Gasteiger partial charge in [-0.25, -0.2) is 0 Å². The number of anilines is 1. The summed E-state index contributed by atoms with van der Waals surface area (Å²) in [6, 6.07) is 20.9. The number of carbonyl (C=O) groups excluding carboxylic acids is 2. The van der Waals surface area contributed by atoms with Gasteiger partial charge in [0.15, 0.2) is 27.4 Å². The third-order valence-electron chi connectivity index (χ3n) is 6.30. The fraction of sp³-hybridized carbons (Fsp3) is 0.133. The van der Waals surface area contributed by atoms with Crippen LogP contribution in [-0.4, -0.2) is 39.2 Å². The summed E-state index contributed by atoms with van der Waals surface area (Å²) in [4.78, 5) is 28.1. The molecular formula is C30H25N3O5S2. The molecule has 8 nitrogen and oxygen atoms in total. The SMILES string of the molecule is COc1cc(C2C(C(=O)C=Cc3ccccc3)=C(O)C(=O)N2c2nnc(SCc3ccc(C)cc3)s2)ccc1O. The molecule has 40 heavy (non-hydrogen) atoms. The number of ketones is 1. The van der Waals surface area contributed by atoms with Gasteiger partial charge in [0.05, 0.1) is 18.7 Å². The van der Waals surface area contributed by atoms with Gasteiger partial charge in [0.2, 0.25) is 5.13 Å². The molecule has 1 unspecified atom stereocenters. The number of benzene rings is 3. The van der Waals surface area contributed by atoms with Crippen molar-refractivity contribution in [1.82, 2.24) is 10.2 Å². The van der Waals surface area contributed by atoms with Crippen LogP contribution in [0, 0.1) is 6.92 Å². The Morgan fingerprint density at radius 2 is 1.82 bits per heavy atom. The van der Waals surface area contributed by atoms with Gasteiger partial charge in [-0.1, -0.05) is 95.4 Å². The zero-order valence-electron chi connectivity index (χ0n) is 21.6. The Morgan fingerprint density at radius 3 is 2.55 bits per heavy atom. The lowest BCUT2D eigenvalue weighted by Crippen LogP contribution is -2.30. The van der Waals surface area contributed by atoms with Crippen LogP contribution in [0.1, 0.15) is 28.3 Å². The molecule has 3 aromatic carbocycles. The highest BCUT2D eigenvalue weighted by molar-refractivity contribution is 8.00. The monoisotopic (exact) mass is 571 g/mol. The first-order chi connectivity index (χ1) is 19.4. The highest BCUT2D eigenvalue weighted by atomic mass is 32.2. The number of hydrogen-bond acceptors (Lipinski definition) is 9. The summed E-state index contributed by atoms with van der Waals surface area (Å²) < 4.78 is 5.90. The number of methoxy groups -OCH3 is 1. The highest BCUT2D eigenvalue weighted by Gasteiger charge is 2.45. The molecule has 1 aliphatic heterocycles. The van der Waals surface area contributed by atoms with Crippen molar-refractivity contribution in [3.8, 4) is 11.5 Å². The van der Waals surface area contributed by atoms with Crippen LogP contribution in [0.25, 0.3) is 6.08 Å². The standard InChI is InChI=1S/C30H25N3O5S2/c1-18-8-10-20(11-9-18)17-39-30-32-31-29(40-30)33-26(21-13-15-22(34)24(16-21)38-2)25(27(36)28(33)37)23(35)14-12-19-6-4-3-5-7-19/h3-16,26,34,36H,17H2,1-2H3. The Hall–Kier alpha value is -4.41. The number of nitrogens with zero attached hydrogens (tertiary/aromatic N) is 3. The van der Waals surface area contributed by atoms with Gasteiger partial charge in [-0.3, -0.25) is 14.5 Å². The van der Waals surface area contributed by atoms with Crippen molar-refractivity contribution in [2.24, 2.45) is 0 Å². The number of rotatable bonds is 9. The van der Waals surface area contributed by atoms with E-state index in [4.69, 9.17) is 4.74 Å². The van der Waals surface area contributed by atoms with E-state index >= 15 is 0 Å². The first-order valence-corrected chi connectivity index (χ1v) is 14.1. The molecule has 1 atom stereocenters. The largest absolute Gasteiger partial charge is 0.504 e. The number of amides is 1. The average Bonchev–Trinajstić information content (AvgIpc) is 3.54. The number of phenols is 1. The number of ether oxygens (including phenoxy) is 1. The number of thioether (sulfide) groups is 1. The molecule has 0 fully saturated rings. The maximum Gasteiger partial charge on any atom is 0.296 e. The molecule has 1 aromatic heterocycles. The summed E-state index contributed by atoms with van der Waals surface area (Å²) in [5.41, 5.74) is 3.43. The molecule has 0 aliphatic carbocycles. The van der Waals surface area contributed by atoms with E-state index in [1.165, 1.54) is 58.9 Å². The Bertz CT molecular complexity index is 1610. The van der Waals surface area contributed by atoms with Gasteiger partial charge in [0.25, 0.3) is 5.91 Å². The van der Waals surface area contributed by atoms with E-state index in [9.17, 15) is 19.8 Å². The van der Waals surface area contributed by atoms with Gasteiger partial charge in [-0.2, -0.15) is 0 Å². The molecule has 0 saturated carbocycles. The third kappa shape index (κ3) is 5.63. The number of aromatic hydroxyl groups is 1. The van der Waals surface area contributed by atoms with Crippen molar-refractivity contribution in [3.63, 3.8) is 0 Å². The van der Waals surface area contributed by atoms with Crippen LogP contribution >= 0.6 is 23.1 Å². The number of aryl methyl sites for hydroxylation is 1. The molecule has 0 radical (unpaired) electrons. The summed E-state index contributed by atoms with van der Waals surface area (Å²) in [5, 5.41) is 29.8. The van der Waals surface area contributed by atoms with Gasteiger partial charge in [-0.05, 0) is 41.8 Å². The van der Waals surface area contributed by atoms with Gasteiger partial charge in [0, 0.05) is 5.75 Å². The normalized spacial score (nSPS) is 15.3. The number of aliphatic hydroxyl groups excluding tert-OH is 1. The first kappa shape index (κ1) is 27.2. The zero-order valence-corrected chi connectivity index (χ0v) is 23.3. The van der Waals surface area contributed by atoms with Crippen molar-refractivity contribution >= 4 is 46.0 Å². The van der Waals surface area contributed by atoms with Crippen LogP contribution in [0.4, 0.5) is 5.13 Å². The molecule has 2 N–H and O–H groups in total. The highest BCUT2D eigenvalue weighted by Crippen LogP contribution is 2.44. The van der Waals surface area contributed by atoms with Crippen molar-refractivity contribution in [3.05, 3.63) is 112 Å². The molecule has 5 rings (SSSR count). The van der Waals surface area contributed by atoms with E-state index in [1.54, 1.807) is 12.1 Å². The van der Waals surface area contributed by atoms with Crippen LogP contribution in [0.15, 0.2) is 94.5 Å². The lowest BCUT2D eigenvalue weighted by molar-refractivity contribution is -0.117. The minimum Gasteiger partial charge on any atom is -0.504 e. The maximum absolute atomic E-state index is 13.4. The average molecular weight is 572 g/mol. The number of hydrogen-bond donors (Lipinski definition) is 2. The van der Waals surface area contributed by atoms with Crippen molar-refractivity contribution in [1.29, 1.82) is 0 Å². The van der Waals surface area contributed by atoms with Gasteiger partial charge in [0.1, 0.15) is 0 Å². The van der Waals surface area contributed by atoms with Crippen molar-refractivity contribution in [2.45, 2.75) is 23.1 Å². The van der Waals surface area contributed by atoms with Gasteiger partial charge in [-0.15, -0.1) is 10.2 Å². The Kier molecular flexibility index (Phi) is 7.99. The van der Waals surface area contributed by atoms with Gasteiger partial charge < -0.3 is 14.9 Å². The maximum atomic E-state index is 13.4. The number of aliphatic hydroxyl groups is 1. The lowest BCUT2D eigenvalue weighted by atomic mass is 9.95. The summed E-state index contributed by atoms with van der Waals surface area (Å²) in [5.74, 6) is -1.23. The van der Waals surface area contributed by atoms with Crippen LogP contribution in [0.5, 0.6) is 11.5 Å². The summed E-state index contributed by atoms with van der Waals surface area (Å²) in [6.07, 6.45) is 2.94. The molecule has 1 amide bonds. The van der Waals surface area contributed by atoms with E-state index < -0.39 is 23.5 Å².